The fourth-order valence-corrected chi connectivity index (χ4v) is 4.69. The third-order valence-electron chi connectivity index (χ3n) is 5.25. The summed E-state index contributed by atoms with van der Waals surface area (Å²) in [6.45, 7) is 2.44. The molecule has 3 aromatic rings. The minimum Gasteiger partial charge on any atom is -0.493 e. The number of hydrogen-bond acceptors (Lipinski definition) is 5. The first-order valence-electron chi connectivity index (χ1n) is 10.7. The molecule has 1 fully saturated rings. The average molecular weight is 515 g/mol. The molecule has 176 valence electrons. The second-order valence-corrected chi connectivity index (χ2v) is 9.58. The van der Waals surface area contributed by atoms with Crippen LogP contribution in [-0.2, 0) is 17.8 Å². The molecule has 0 unspecified atom stereocenters. The lowest BCUT2D eigenvalue weighted by atomic mass is 10.1. The van der Waals surface area contributed by atoms with E-state index in [1.54, 1.807) is 19.2 Å². The summed E-state index contributed by atoms with van der Waals surface area (Å²) in [5, 5.41) is 7.28. The van der Waals surface area contributed by atoms with Crippen LogP contribution in [0.5, 0.6) is 11.5 Å². The van der Waals surface area contributed by atoms with E-state index < -0.39 is 0 Å². The van der Waals surface area contributed by atoms with E-state index in [-0.39, 0.29) is 11.4 Å². The van der Waals surface area contributed by atoms with Crippen LogP contribution in [0, 0.1) is 0 Å². The van der Waals surface area contributed by atoms with Crippen LogP contribution in [-0.4, -0.2) is 18.5 Å². The van der Waals surface area contributed by atoms with Gasteiger partial charge in [0, 0.05) is 5.69 Å². The van der Waals surface area contributed by atoms with Crippen molar-refractivity contribution in [2.24, 2.45) is 0 Å². The molecule has 1 amide bonds. The first kappa shape index (κ1) is 24.3. The highest BCUT2D eigenvalue weighted by Crippen LogP contribution is 2.34. The van der Waals surface area contributed by atoms with Gasteiger partial charge in [0.15, 0.2) is 17.0 Å². The number of thioether (sulfide) groups is 1. The van der Waals surface area contributed by atoms with Crippen molar-refractivity contribution in [1.82, 2.24) is 5.32 Å². The third kappa shape index (κ3) is 6.00. The lowest BCUT2D eigenvalue weighted by Crippen LogP contribution is -2.30. The Morgan fingerprint density at radius 3 is 2.47 bits per heavy atom. The van der Waals surface area contributed by atoms with Gasteiger partial charge in [-0.1, -0.05) is 66.2 Å². The summed E-state index contributed by atoms with van der Waals surface area (Å²) < 4.78 is 11.4. The van der Waals surface area contributed by atoms with Crippen molar-refractivity contribution < 1.29 is 14.3 Å². The summed E-state index contributed by atoms with van der Waals surface area (Å²) in [4.78, 5) is 13.1. The molecular formula is C26H24Cl2N2O3S. The Hall–Kier alpha value is -2.80. The first-order chi connectivity index (χ1) is 16.4. The number of nitrogens with one attached hydrogen (secondary N) is 2. The van der Waals surface area contributed by atoms with Gasteiger partial charge in [-0.3, -0.25) is 4.79 Å². The Morgan fingerprint density at radius 1 is 1.00 bits per heavy atom. The van der Waals surface area contributed by atoms with Gasteiger partial charge in [0.05, 0.1) is 22.1 Å². The standard InChI is InChI=1S/C26H24Cl2N2O3S/c1-3-16-4-8-19(9-5-16)29-26-30-25(31)24(34-26)14-17-7-11-22(23(13-17)32-2)33-15-18-6-10-20(27)21(28)12-18/h4-14,26,29H,3,15H2,1-2H3,(H,30,31)/b24-14-/t26-/m0/s1. The van der Waals surface area contributed by atoms with Crippen molar-refractivity contribution in [2.75, 3.05) is 12.4 Å². The molecule has 1 atom stereocenters. The van der Waals surface area contributed by atoms with Gasteiger partial charge in [0.25, 0.3) is 5.91 Å². The van der Waals surface area contributed by atoms with E-state index in [0.29, 0.717) is 33.1 Å². The molecule has 0 bridgehead atoms. The van der Waals surface area contributed by atoms with Gasteiger partial charge in [-0.2, -0.15) is 0 Å². The molecule has 1 aliphatic rings. The molecule has 1 heterocycles. The average Bonchev–Trinajstić information content (AvgIpc) is 3.18. The van der Waals surface area contributed by atoms with Crippen LogP contribution in [0.1, 0.15) is 23.6 Å². The molecule has 4 rings (SSSR count). The molecule has 0 aliphatic carbocycles. The lowest BCUT2D eigenvalue weighted by Gasteiger charge is -2.13. The molecule has 3 aromatic carbocycles. The molecule has 0 radical (unpaired) electrons. The van der Waals surface area contributed by atoms with Crippen molar-refractivity contribution in [3.05, 3.63) is 92.3 Å². The van der Waals surface area contributed by atoms with Crippen molar-refractivity contribution in [3.8, 4) is 11.5 Å². The predicted molar refractivity (Wildman–Crippen MR) is 141 cm³/mol. The normalized spacial score (nSPS) is 16.4. The number of hydrogen-bond donors (Lipinski definition) is 2. The minimum absolute atomic E-state index is 0.119. The molecule has 34 heavy (non-hydrogen) atoms. The topological polar surface area (TPSA) is 59.6 Å². The fourth-order valence-electron chi connectivity index (χ4n) is 3.39. The Bertz CT molecular complexity index is 1220. The highest BCUT2D eigenvalue weighted by Gasteiger charge is 2.27. The monoisotopic (exact) mass is 514 g/mol. The Labute approximate surface area is 213 Å². The van der Waals surface area contributed by atoms with Crippen molar-refractivity contribution in [2.45, 2.75) is 25.4 Å². The Kier molecular flexibility index (Phi) is 7.93. The Morgan fingerprint density at radius 2 is 1.76 bits per heavy atom. The van der Waals surface area contributed by atoms with Gasteiger partial charge in [-0.05, 0) is 65.6 Å². The number of halogens is 2. The highest BCUT2D eigenvalue weighted by molar-refractivity contribution is 8.05. The summed E-state index contributed by atoms with van der Waals surface area (Å²) in [6, 6.07) is 19.1. The maximum Gasteiger partial charge on any atom is 0.260 e. The second-order valence-electron chi connectivity index (χ2n) is 7.62. The number of aryl methyl sites for hydroxylation is 1. The van der Waals surface area contributed by atoms with E-state index in [1.165, 1.54) is 17.3 Å². The summed E-state index contributed by atoms with van der Waals surface area (Å²) in [5.41, 5.74) is 3.73. The quantitative estimate of drug-likeness (QED) is 0.326. The number of anilines is 1. The van der Waals surface area contributed by atoms with Gasteiger partial charge < -0.3 is 20.1 Å². The predicted octanol–water partition coefficient (Wildman–Crippen LogP) is 6.74. The number of ether oxygens (including phenoxy) is 2. The van der Waals surface area contributed by atoms with E-state index >= 15 is 0 Å². The molecule has 1 aliphatic heterocycles. The van der Waals surface area contributed by atoms with E-state index in [1.807, 2.05) is 42.5 Å². The molecule has 1 saturated heterocycles. The van der Waals surface area contributed by atoms with Gasteiger partial charge >= 0.3 is 0 Å². The molecule has 2 N–H and O–H groups in total. The van der Waals surface area contributed by atoms with Crippen LogP contribution in [0.25, 0.3) is 6.08 Å². The lowest BCUT2D eigenvalue weighted by molar-refractivity contribution is -0.116. The summed E-state index contributed by atoms with van der Waals surface area (Å²) >= 11 is 13.5. The SMILES string of the molecule is CCc1ccc(N[C@H]2NC(=O)/C(=C/c3ccc(OCc4ccc(Cl)c(Cl)c4)c(OC)c3)S2)cc1. The smallest absolute Gasteiger partial charge is 0.260 e. The summed E-state index contributed by atoms with van der Waals surface area (Å²) in [6.07, 6.45) is 2.83. The molecule has 0 aromatic heterocycles. The molecule has 5 nitrogen and oxygen atoms in total. The number of rotatable bonds is 8. The summed E-state index contributed by atoms with van der Waals surface area (Å²) in [5.74, 6) is 1.05. The van der Waals surface area contributed by atoms with Gasteiger partial charge in [0.1, 0.15) is 6.61 Å². The fraction of sp³-hybridized carbons (Fsp3) is 0.192. The van der Waals surface area contributed by atoms with Crippen molar-refractivity contribution in [1.29, 1.82) is 0 Å². The van der Waals surface area contributed by atoms with Crippen LogP contribution < -0.4 is 20.1 Å². The van der Waals surface area contributed by atoms with E-state index in [9.17, 15) is 4.79 Å². The van der Waals surface area contributed by atoms with Crippen molar-refractivity contribution in [3.63, 3.8) is 0 Å². The zero-order chi connectivity index (χ0) is 24.1. The third-order valence-corrected chi connectivity index (χ3v) is 7.02. The zero-order valence-corrected chi connectivity index (χ0v) is 21.1. The van der Waals surface area contributed by atoms with E-state index in [4.69, 9.17) is 32.7 Å². The summed E-state index contributed by atoms with van der Waals surface area (Å²) in [7, 11) is 1.58. The Balaban J connectivity index is 1.42. The maximum absolute atomic E-state index is 12.5. The molecule has 0 saturated carbocycles. The van der Waals surface area contributed by atoms with E-state index in [0.717, 1.165) is 23.2 Å². The maximum atomic E-state index is 12.5. The van der Waals surface area contributed by atoms with Crippen LogP contribution in [0.4, 0.5) is 5.69 Å². The molecule has 8 heteroatoms. The van der Waals surface area contributed by atoms with E-state index in [2.05, 4.69) is 29.7 Å². The van der Waals surface area contributed by atoms with Gasteiger partial charge in [0.2, 0.25) is 0 Å². The van der Waals surface area contributed by atoms with Crippen LogP contribution in [0.3, 0.4) is 0 Å². The zero-order valence-electron chi connectivity index (χ0n) is 18.7. The van der Waals surface area contributed by atoms with Crippen LogP contribution in [0.15, 0.2) is 65.6 Å². The van der Waals surface area contributed by atoms with Gasteiger partial charge in [-0.15, -0.1) is 0 Å². The molecule has 0 spiro atoms. The van der Waals surface area contributed by atoms with Crippen molar-refractivity contribution >= 4 is 52.6 Å². The highest BCUT2D eigenvalue weighted by atomic mass is 35.5. The molecular weight excluding hydrogens is 491 g/mol. The first-order valence-corrected chi connectivity index (χ1v) is 12.4. The van der Waals surface area contributed by atoms with Crippen LogP contribution >= 0.6 is 35.0 Å². The minimum atomic E-state index is -0.234. The number of carbonyl (C=O) groups is 1. The number of carbonyl (C=O) groups excluding carboxylic acids is 1. The van der Waals surface area contributed by atoms with Crippen LogP contribution in [0.2, 0.25) is 10.0 Å². The number of benzene rings is 3. The second kappa shape index (κ2) is 11.1. The largest absolute Gasteiger partial charge is 0.493 e. The number of methoxy groups -OCH3 is 1. The number of amides is 1. The van der Waals surface area contributed by atoms with Gasteiger partial charge in [-0.25, -0.2) is 0 Å².